The number of hydrogen-bond donors (Lipinski definition) is 1. The summed E-state index contributed by atoms with van der Waals surface area (Å²) in [5, 5.41) is 3.05. The van der Waals surface area contributed by atoms with Gasteiger partial charge in [-0.3, -0.25) is 0 Å². The Morgan fingerprint density at radius 3 is 3.00 bits per heavy atom. The monoisotopic (exact) mass is 270 g/mol. The molecule has 1 fully saturated rings. The molecule has 2 rings (SSSR count). The lowest BCUT2D eigenvalue weighted by Crippen LogP contribution is -2.27. The number of rotatable bonds is 3. The van der Waals surface area contributed by atoms with Crippen LogP contribution in [0.5, 0.6) is 0 Å². The lowest BCUT2D eigenvalue weighted by molar-refractivity contribution is 0.597. The van der Waals surface area contributed by atoms with Gasteiger partial charge in [0, 0.05) is 25.8 Å². The van der Waals surface area contributed by atoms with E-state index in [-0.39, 0.29) is 11.5 Å². The Morgan fingerprint density at radius 1 is 1.39 bits per heavy atom. The van der Waals surface area contributed by atoms with Gasteiger partial charge in [-0.05, 0) is 19.4 Å². The normalized spacial score (nSPS) is 19.3. The molecule has 1 aromatic rings. The molecule has 0 saturated carbocycles. The molecule has 0 atom stereocenters. The molecule has 1 aliphatic rings. The van der Waals surface area contributed by atoms with Gasteiger partial charge in [0.25, 0.3) is 0 Å². The van der Waals surface area contributed by atoms with Crippen molar-refractivity contribution in [3.05, 3.63) is 12.3 Å². The molecule has 0 amide bonds. The van der Waals surface area contributed by atoms with Crippen LogP contribution in [-0.2, 0) is 9.84 Å². The molecule has 7 heteroatoms. The number of nitrogens with one attached hydrogen (secondary N) is 1. The van der Waals surface area contributed by atoms with Crippen LogP contribution in [-0.4, -0.2) is 49.5 Å². The molecule has 1 aliphatic heterocycles. The van der Waals surface area contributed by atoms with Crippen LogP contribution in [0.25, 0.3) is 0 Å². The molecule has 0 bridgehead atoms. The van der Waals surface area contributed by atoms with Crippen molar-refractivity contribution in [2.24, 2.45) is 0 Å². The third kappa shape index (κ3) is 3.32. The van der Waals surface area contributed by atoms with E-state index in [0.29, 0.717) is 18.9 Å². The topological polar surface area (TPSA) is 75.2 Å². The highest BCUT2D eigenvalue weighted by molar-refractivity contribution is 7.91. The molecular formula is C11H18N4O2S. The SMILES string of the molecule is CCNc1nccc(N2CCCS(=O)(=O)CC2)n1. The summed E-state index contributed by atoms with van der Waals surface area (Å²) < 4.78 is 23.1. The van der Waals surface area contributed by atoms with Gasteiger partial charge in [-0.1, -0.05) is 0 Å². The van der Waals surface area contributed by atoms with Crippen LogP contribution in [0.2, 0.25) is 0 Å². The summed E-state index contributed by atoms with van der Waals surface area (Å²) in [5.41, 5.74) is 0. The molecule has 1 saturated heterocycles. The minimum absolute atomic E-state index is 0.202. The highest BCUT2D eigenvalue weighted by atomic mass is 32.2. The standard InChI is InChI=1S/C11H18N4O2S/c1-2-12-11-13-5-4-10(14-11)15-6-3-8-18(16,17)9-7-15/h4-5H,2-3,6-9H2,1H3,(H,12,13,14). The Bertz CT molecular complexity index is 504. The van der Waals surface area contributed by atoms with E-state index in [2.05, 4.69) is 15.3 Å². The van der Waals surface area contributed by atoms with Crippen LogP contribution in [0.4, 0.5) is 11.8 Å². The number of nitrogens with zero attached hydrogens (tertiary/aromatic N) is 3. The van der Waals surface area contributed by atoms with Gasteiger partial charge in [0.2, 0.25) is 5.95 Å². The van der Waals surface area contributed by atoms with E-state index in [0.717, 1.165) is 18.9 Å². The maximum absolute atomic E-state index is 11.5. The summed E-state index contributed by atoms with van der Waals surface area (Å²) in [5.74, 6) is 1.85. The fourth-order valence-electron chi connectivity index (χ4n) is 1.94. The molecule has 0 aliphatic carbocycles. The summed E-state index contributed by atoms with van der Waals surface area (Å²) in [6.07, 6.45) is 2.35. The molecule has 100 valence electrons. The van der Waals surface area contributed by atoms with Crippen molar-refractivity contribution in [2.45, 2.75) is 13.3 Å². The van der Waals surface area contributed by atoms with Crippen LogP contribution < -0.4 is 10.2 Å². The molecule has 0 aromatic carbocycles. The zero-order valence-electron chi connectivity index (χ0n) is 10.5. The first-order valence-electron chi connectivity index (χ1n) is 6.13. The van der Waals surface area contributed by atoms with Crippen LogP contribution in [0.3, 0.4) is 0 Å². The quantitative estimate of drug-likeness (QED) is 0.863. The predicted molar refractivity (Wildman–Crippen MR) is 71.7 cm³/mol. The first-order valence-corrected chi connectivity index (χ1v) is 7.95. The second-order valence-electron chi connectivity index (χ2n) is 4.26. The smallest absolute Gasteiger partial charge is 0.224 e. The van der Waals surface area contributed by atoms with E-state index >= 15 is 0 Å². The van der Waals surface area contributed by atoms with E-state index < -0.39 is 9.84 Å². The number of hydrogen-bond acceptors (Lipinski definition) is 6. The molecule has 0 unspecified atom stereocenters. The highest BCUT2D eigenvalue weighted by Gasteiger charge is 2.20. The number of aromatic nitrogens is 2. The summed E-state index contributed by atoms with van der Waals surface area (Å²) in [4.78, 5) is 10.5. The molecule has 18 heavy (non-hydrogen) atoms. The molecule has 1 N–H and O–H groups in total. The van der Waals surface area contributed by atoms with Gasteiger partial charge < -0.3 is 10.2 Å². The van der Waals surface area contributed by atoms with Crippen LogP contribution in [0.15, 0.2) is 12.3 Å². The van der Waals surface area contributed by atoms with E-state index in [1.54, 1.807) is 6.20 Å². The Balaban J connectivity index is 2.13. The second kappa shape index (κ2) is 5.51. The van der Waals surface area contributed by atoms with E-state index in [9.17, 15) is 8.42 Å². The predicted octanol–water partition coefficient (Wildman–Crippen LogP) is 0.533. The fourth-order valence-corrected chi connectivity index (χ4v) is 3.21. The molecule has 6 nitrogen and oxygen atoms in total. The highest BCUT2D eigenvalue weighted by Crippen LogP contribution is 2.15. The Labute approximate surface area is 107 Å². The summed E-state index contributed by atoms with van der Waals surface area (Å²) in [6.45, 7) is 3.97. The maximum atomic E-state index is 11.5. The van der Waals surface area contributed by atoms with E-state index in [1.807, 2.05) is 17.9 Å². The second-order valence-corrected chi connectivity index (χ2v) is 6.56. The van der Waals surface area contributed by atoms with Crippen LogP contribution in [0, 0.1) is 0 Å². The van der Waals surface area contributed by atoms with Gasteiger partial charge in [-0.15, -0.1) is 0 Å². The zero-order valence-corrected chi connectivity index (χ0v) is 11.3. The maximum Gasteiger partial charge on any atom is 0.224 e. The third-order valence-corrected chi connectivity index (χ3v) is 4.57. The molecule has 0 spiro atoms. The largest absolute Gasteiger partial charge is 0.355 e. The molecule has 0 radical (unpaired) electrons. The summed E-state index contributed by atoms with van der Waals surface area (Å²) in [7, 11) is -2.88. The Kier molecular flexibility index (Phi) is 4.00. The Morgan fingerprint density at radius 2 is 2.22 bits per heavy atom. The van der Waals surface area contributed by atoms with E-state index in [4.69, 9.17) is 0 Å². The summed E-state index contributed by atoms with van der Waals surface area (Å²) in [6, 6.07) is 1.82. The van der Waals surface area contributed by atoms with Crippen molar-refractivity contribution < 1.29 is 8.42 Å². The summed E-state index contributed by atoms with van der Waals surface area (Å²) >= 11 is 0. The van der Waals surface area contributed by atoms with Crippen molar-refractivity contribution >= 4 is 21.6 Å². The molecular weight excluding hydrogens is 252 g/mol. The van der Waals surface area contributed by atoms with Gasteiger partial charge in [-0.25, -0.2) is 13.4 Å². The average molecular weight is 270 g/mol. The van der Waals surface area contributed by atoms with Gasteiger partial charge >= 0.3 is 0 Å². The van der Waals surface area contributed by atoms with Crippen molar-refractivity contribution in [2.75, 3.05) is 41.4 Å². The lowest BCUT2D eigenvalue weighted by Gasteiger charge is -2.20. The van der Waals surface area contributed by atoms with Crippen molar-refractivity contribution in [3.8, 4) is 0 Å². The minimum Gasteiger partial charge on any atom is -0.355 e. The van der Waals surface area contributed by atoms with Gasteiger partial charge in [0.15, 0.2) is 9.84 Å². The van der Waals surface area contributed by atoms with Gasteiger partial charge in [0.1, 0.15) is 5.82 Å². The number of sulfone groups is 1. The minimum atomic E-state index is -2.88. The van der Waals surface area contributed by atoms with Crippen molar-refractivity contribution in [1.29, 1.82) is 0 Å². The Hall–Kier alpha value is -1.37. The van der Waals surface area contributed by atoms with Crippen molar-refractivity contribution in [1.82, 2.24) is 9.97 Å². The van der Waals surface area contributed by atoms with Gasteiger partial charge in [0.05, 0.1) is 11.5 Å². The fraction of sp³-hybridized carbons (Fsp3) is 0.636. The lowest BCUT2D eigenvalue weighted by atomic mass is 10.4. The third-order valence-electron chi connectivity index (χ3n) is 2.86. The zero-order chi connectivity index (χ0) is 13.0. The first-order chi connectivity index (χ1) is 8.61. The van der Waals surface area contributed by atoms with Crippen molar-refractivity contribution in [3.63, 3.8) is 0 Å². The van der Waals surface area contributed by atoms with Gasteiger partial charge in [-0.2, -0.15) is 4.98 Å². The first kappa shape index (κ1) is 13.1. The van der Waals surface area contributed by atoms with Crippen LogP contribution >= 0.6 is 0 Å². The van der Waals surface area contributed by atoms with E-state index in [1.165, 1.54) is 0 Å². The van der Waals surface area contributed by atoms with Crippen LogP contribution in [0.1, 0.15) is 13.3 Å². The average Bonchev–Trinajstić information content (AvgIpc) is 2.51. The number of anilines is 2. The molecule has 2 heterocycles. The molecule has 1 aromatic heterocycles.